The van der Waals surface area contributed by atoms with E-state index in [0.29, 0.717) is 5.46 Å². The van der Waals surface area contributed by atoms with Crippen molar-refractivity contribution in [3.63, 3.8) is 0 Å². The molecule has 1 aromatic heterocycles. The van der Waals surface area contributed by atoms with Gasteiger partial charge in [0.1, 0.15) is 5.82 Å². The zero-order valence-corrected chi connectivity index (χ0v) is 10.9. The van der Waals surface area contributed by atoms with Crippen molar-refractivity contribution in [2.75, 3.05) is 0 Å². The van der Waals surface area contributed by atoms with Gasteiger partial charge >= 0.3 is 7.12 Å². The number of nitrogens with zero attached hydrogens (tertiary/aromatic N) is 2. The van der Waals surface area contributed by atoms with Crippen LogP contribution in [0.25, 0.3) is 0 Å². The van der Waals surface area contributed by atoms with Crippen molar-refractivity contribution in [2.24, 2.45) is 0 Å². The first kappa shape index (κ1) is 7.60. The molecule has 1 saturated heterocycles. The Morgan fingerprint density at radius 2 is 1.72 bits per heavy atom. The molecule has 0 N–H and O–H groups in total. The Hall–Kier alpha value is -0.935. The second kappa shape index (κ2) is 3.78. The molecule has 1 aliphatic heterocycles. The van der Waals surface area contributed by atoms with Gasteiger partial charge in [0.25, 0.3) is 0 Å². The molecule has 0 amide bonds. The monoisotopic (exact) mass is 251 g/mol. The van der Waals surface area contributed by atoms with Crippen molar-refractivity contribution in [3.8, 4) is 0 Å². The van der Waals surface area contributed by atoms with Gasteiger partial charge in [0.05, 0.1) is 11.2 Å². The van der Waals surface area contributed by atoms with Gasteiger partial charge in [-0.05, 0) is 40.4 Å². The molecule has 0 spiro atoms. The van der Waals surface area contributed by atoms with E-state index in [9.17, 15) is 0 Å². The predicted octanol–water partition coefficient (Wildman–Crippen LogP) is 1.65. The average Bonchev–Trinajstić information content (AvgIpc) is 2.63. The summed E-state index contributed by atoms with van der Waals surface area (Å²) in [4.78, 5) is 8.01. The lowest BCUT2D eigenvalue weighted by Gasteiger charge is -2.32. The largest absolute Gasteiger partial charge is 0.498 e. The van der Waals surface area contributed by atoms with Gasteiger partial charge in [-0.1, -0.05) is 0 Å². The van der Waals surface area contributed by atoms with E-state index < -0.39 is 37.0 Å². The summed E-state index contributed by atoms with van der Waals surface area (Å²) in [7, 11) is -0.650. The van der Waals surface area contributed by atoms with Crippen molar-refractivity contribution in [1.82, 2.24) is 9.97 Å². The average molecular weight is 251 g/mol. The van der Waals surface area contributed by atoms with Gasteiger partial charge in [-0.2, -0.15) is 0 Å². The summed E-state index contributed by atoms with van der Waals surface area (Å²) < 4.78 is 50.4. The van der Waals surface area contributed by atoms with Gasteiger partial charge in [-0.15, -0.1) is 0 Å². The molecule has 5 heteroatoms. The molecular weight excluding hydrogens is 227 g/mol. The van der Waals surface area contributed by atoms with E-state index in [0.717, 1.165) is 0 Å². The first-order valence-corrected chi connectivity index (χ1v) is 5.96. The Morgan fingerprint density at radius 3 is 2.17 bits per heavy atom. The molecule has 1 saturated carbocycles. The molecule has 0 unspecified atom stereocenters. The van der Waals surface area contributed by atoms with Crippen LogP contribution in [0, 0.1) is 0 Å². The molecule has 1 aromatic rings. The summed E-state index contributed by atoms with van der Waals surface area (Å²) in [6, 6.07) is 0. The minimum absolute atomic E-state index is 0.173. The van der Waals surface area contributed by atoms with Gasteiger partial charge in [0.2, 0.25) is 0 Å². The molecule has 2 heterocycles. The molecular formula is C13H19BN2O2. The lowest BCUT2D eigenvalue weighted by atomic mass is 9.81. The van der Waals surface area contributed by atoms with Crippen LogP contribution in [0.3, 0.4) is 0 Å². The quantitative estimate of drug-likeness (QED) is 0.750. The van der Waals surface area contributed by atoms with Crippen LogP contribution in [-0.2, 0) is 9.31 Å². The highest BCUT2D eigenvalue weighted by Crippen LogP contribution is 2.38. The minimum atomic E-state index is -2.31. The topological polar surface area (TPSA) is 44.2 Å². The fourth-order valence-corrected chi connectivity index (χ4v) is 1.71. The zero-order chi connectivity index (χ0) is 17.5. The van der Waals surface area contributed by atoms with Crippen molar-refractivity contribution >= 4 is 12.6 Å². The molecule has 4 nitrogen and oxygen atoms in total. The van der Waals surface area contributed by atoms with E-state index in [1.165, 1.54) is 12.4 Å². The third kappa shape index (κ3) is 1.95. The lowest BCUT2D eigenvalue weighted by Crippen LogP contribution is -2.41. The highest BCUT2D eigenvalue weighted by atomic mass is 16.7. The van der Waals surface area contributed by atoms with Crippen LogP contribution in [-0.4, -0.2) is 28.3 Å². The van der Waals surface area contributed by atoms with E-state index >= 15 is 0 Å². The fourth-order valence-electron chi connectivity index (χ4n) is 1.71. The Labute approximate surface area is 115 Å². The molecule has 0 radical (unpaired) electrons. The van der Waals surface area contributed by atoms with Crippen LogP contribution in [0.5, 0.6) is 0 Å². The smallest absolute Gasteiger partial charge is 0.399 e. The Bertz CT molecular complexity index is 620. The van der Waals surface area contributed by atoms with Crippen molar-refractivity contribution in [2.45, 2.75) is 57.5 Å². The van der Waals surface area contributed by atoms with E-state index in [1.807, 2.05) is 27.7 Å². The van der Waals surface area contributed by atoms with E-state index in [-0.39, 0.29) is 5.82 Å². The van der Waals surface area contributed by atoms with Crippen LogP contribution in [0.1, 0.15) is 59.0 Å². The number of hydrogen-bond acceptors (Lipinski definition) is 4. The zero-order valence-electron chi connectivity index (χ0n) is 15.9. The SMILES string of the molecule is [2H]C1([2H])C([2H])([2H])C1([2H])c1ncc(B2OC(C)(C)C(C)(C)O2)cn1. The van der Waals surface area contributed by atoms with Crippen LogP contribution in [0.2, 0.25) is 0 Å². The van der Waals surface area contributed by atoms with Crippen molar-refractivity contribution < 1.29 is 16.2 Å². The highest BCUT2D eigenvalue weighted by molar-refractivity contribution is 6.61. The van der Waals surface area contributed by atoms with Gasteiger partial charge in [0, 0.05) is 30.6 Å². The highest BCUT2D eigenvalue weighted by Gasteiger charge is 2.52. The maximum absolute atomic E-state index is 8.06. The molecule has 0 atom stereocenters. The van der Waals surface area contributed by atoms with Crippen LogP contribution in [0.15, 0.2) is 12.4 Å². The summed E-state index contributed by atoms with van der Waals surface area (Å²) in [6.45, 7) is 7.70. The second-order valence-electron chi connectivity index (χ2n) is 5.55. The maximum atomic E-state index is 8.06. The van der Waals surface area contributed by atoms with Crippen LogP contribution in [0.4, 0.5) is 0 Å². The first-order valence-electron chi connectivity index (χ1n) is 8.46. The molecule has 2 fully saturated rings. The lowest BCUT2D eigenvalue weighted by molar-refractivity contribution is 0.00578. The van der Waals surface area contributed by atoms with Gasteiger partial charge in [0.15, 0.2) is 0 Å². The summed E-state index contributed by atoms with van der Waals surface area (Å²) in [6.07, 6.45) is -1.81. The van der Waals surface area contributed by atoms with Gasteiger partial charge < -0.3 is 9.31 Å². The van der Waals surface area contributed by atoms with Crippen molar-refractivity contribution in [1.29, 1.82) is 0 Å². The summed E-state index contributed by atoms with van der Waals surface area (Å²) in [5, 5.41) is 0. The van der Waals surface area contributed by atoms with E-state index in [1.54, 1.807) is 0 Å². The second-order valence-corrected chi connectivity index (χ2v) is 5.55. The molecule has 0 aromatic carbocycles. The fraction of sp³-hybridized carbons (Fsp3) is 0.692. The molecule has 18 heavy (non-hydrogen) atoms. The minimum Gasteiger partial charge on any atom is -0.399 e. The number of rotatable bonds is 2. The Morgan fingerprint density at radius 1 is 1.22 bits per heavy atom. The summed E-state index contributed by atoms with van der Waals surface area (Å²) in [5.74, 6) is -2.26. The standard InChI is InChI=1S/C13H19BN2O2/c1-12(2)13(3,4)18-14(17-12)10-7-15-11(16-8-10)9-5-6-9/h7-9H,5-6H2,1-4H3/i5D2,6D2,9D. The molecule has 3 rings (SSSR count). The van der Waals surface area contributed by atoms with Crippen LogP contribution >= 0.6 is 0 Å². The third-order valence-corrected chi connectivity index (χ3v) is 3.67. The molecule has 96 valence electrons. The Kier molecular flexibility index (Phi) is 1.60. The number of hydrogen-bond donors (Lipinski definition) is 0. The molecule has 0 bridgehead atoms. The maximum Gasteiger partial charge on any atom is 0.498 e. The van der Waals surface area contributed by atoms with E-state index in [2.05, 4.69) is 9.97 Å². The number of aromatic nitrogens is 2. The van der Waals surface area contributed by atoms with Gasteiger partial charge in [-0.3, -0.25) is 0 Å². The van der Waals surface area contributed by atoms with E-state index in [4.69, 9.17) is 16.2 Å². The predicted molar refractivity (Wildman–Crippen MR) is 69.7 cm³/mol. The summed E-state index contributed by atoms with van der Waals surface area (Å²) >= 11 is 0. The van der Waals surface area contributed by atoms with Crippen LogP contribution < -0.4 is 5.46 Å². The first-order chi connectivity index (χ1) is 10.3. The Balaban J connectivity index is 1.86. The van der Waals surface area contributed by atoms with Crippen molar-refractivity contribution in [3.05, 3.63) is 18.2 Å². The summed E-state index contributed by atoms with van der Waals surface area (Å²) in [5.41, 5.74) is -0.449. The molecule has 2 aliphatic rings. The normalized spacial score (nSPS) is 36.9. The van der Waals surface area contributed by atoms with Gasteiger partial charge in [-0.25, -0.2) is 9.97 Å². The molecule has 1 aliphatic carbocycles. The third-order valence-electron chi connectivity index (χ3n) is 3.67.